The molecule has 1 atom stereocenters. The molecule has 2 heterocycles. The quantitative estimate of drug-likeness (QED) is 0.800. The highest BCUT2D eigenvalue weighted by Gasteiger charge is 2.32. The summed E-state index contributed by atoms with van der Waals surface area (Å²) in [6.07, 6.45) is 1.88. The Bertz CT molecular complexity index is 711. The third kappa shape index (κ3) is 3.99. The van der Waals surface area contributed by atoms with Crippen LogP contribution in [0.4, 0.5) is 0 Å². The van der Waals surface area contributed by atoms with Crippen molar-refractivity contribution < 1.29 is 14.1 Å². The molecule has 1 aliphatic rings. The lowest BCUT2D eigenvalue weighted by molar-refractivity contribution is -0.133. The average molecular weight is 344 g/mol. The van der Waals surface area contributed by atoms with Gasteiger partial charge in [-0.2, -0.15) is 4.98 Å². The van der Waals surface area contributed by atoms with Crippen LogP contribution < -0.4 is 4.74 Å². The molecule has 1 amide bonds. The van der Waals surface area contributed by atoms with E-state index in [0.29, 0.717) is 24.9 Å². The van der Waals surface area contributed by atoms with Gasteiger partial charge >= 0.3 is 0 Å². The van der Waals surface area contributed by atoms with Gasteiger partial charge in [0.05, 0.1) is 19.2 Å². The normalized spacial score (nSPS) is 17.6. The second-order valence-corrected chi connectivity index (χ2v) is 6.33. The van der Waals surface area contributed by atoms with Gasteiger partial charge in [0.15, 0.2) is 0 Å². The molecule has 25 heavy (non-hydrogen) atoms. The van der Waals surface area contributed by atoms with Gasteiger partial charge < -0.3 is 14.2 Å². The summed E-state index contributed by atoms with van der Waals surface area (Å²) in [5, 5.41) is 4.06. The predicted molar refractivity (Wildman–Crippen MR) is 93.0 cm³/mol. The van der Waals surface area contributed by atoms with Crippen LogP contribution >= 0.6 is 0 Å². The lowest BCUT2D eigenvalue weighted by Gasteiger charge is -2.24. The Labute approximate surface area is 147 Å². The molecule has 0 bridgehead atoms. The van der Waals surface area contributed by atoms with E-state index in [9.17, 15) is 4.79 Å². The van der Waals surface area contributed by atoms with E-state index in [1.54, 1.807) is 19.0 Å². The van der Waals surface area contributed by atoms with Crippen molar-refractivity contribution in [3.8, 4) is 17.1 Å². The van der Waals surface area contributed by atoms with Gasteiger partial charge in [-0.25, -0.2) is 0 Å². The van der Waals surface area contributed by atoms with Crippen molar-refractivity contribution in [2.24, 2.45) is 0 Å². The molecule has 0 N–H and O–H groups in total. The smallest absolute Gasteiger partial charge is 0.241 e. The van der Waals surface area contributed by atoms with Crippen LogP contribution in [-0.4, -0.2) is 59.1 Å². The molecule has 2 aromatic rings. The Balaban J connectivity index is 1.68. The number of amides is 1. The van der Waals surface area contributed by atoms with Gasteiger partial charge in [0.1, 0.15) is 5.75 Å². The van der Waals surface area contributed by atoms with E-state index in [4.69, 9.17) is 9.26 Å². The molecule has 3 rings (SSSR count). The number of likely N-dealkylation sites (N-methyl/N-ethyl adjacent to an activating group) is 1. The molecule has 1 aromatic carbocycles. The SMILES string of the molecule is CCOc1ccc(-c2noc(CN3CCC[C@@H]3C(=O)N(C)C)n2)cc1. The van der Waals surface area contributed by atoms with Crippen LogP contribution in [-0.2, 0) is 11.3 Å². The first-order valence-electron chi connectivity index (χ1n) is 8.59. The van der Waals surface area contributed by atoms with Crippen LogP contribution in [0.25, 0.3) is 11.4 Å². The summed E-state index contributed by atoms with van der Waals surface area (Å²) in [5.74, 6) is 2.02. The van der Waals surface area contributed by atoms with Crippen molar-refractivity contribution in [2.45, 2.75) is 32.4 Å². The second kappa shape index (κ2) is 7.65. The average Bonchev–Trinajstić information content (AvgIpc) is 3.25. The third-order valence-corrected chi connectivity index (χ3v) is 4.32. The van der Waals surface area contributed by atoms with Gasteiger partial charge in [0.2, 0.25) is 17.6 Å². The largest absolute Gasteiger partial charge is 0.494 e. The van der Waals surface area contributed by atoms with Gasteiger partial charge in [-0.3, -0.25) is 9.69 Å². The zero-order valence-corrected chi connectivity index (χ0v) is 14.9. The molecule has 1 saturated heterocycles. The van der Waals surface area contributed by atoms with Crippen LogP contribution in [0.1, 0.15) is 25.7 Å². The Morgan fingerprint density at radius 1 is 1.36 bits per heavy atom. The highest BCUT2D eigenvalue weighted by molar-refractivity contribution is 5.81. The van der Waals surface area contributed by atoms with Gasteiger partial charge in [0.25, 0.3) is 0 Å². The number of rotatable bonds is 6. The number of hydrogen-bond acceptors (Lipinski definition) is 6. The predicted octanol–water partition coefficient (Wildman–Crippen LogP) is 2.19. The fourth-order valence-electron chi connectivity index (χ4n) is 3.07. The molecule has 0 saturated carbocycles. The van der Waals surface area contributed by atoms with E-state index >= 15 is 0 Å². The third-order valence-electron chi connectivity index (χ3n) is 4.32. The zero-order chi connectivity index (χ0) is 17.8. The highest BCUT2D eigenvalue weighted by atomic mass is 16.5. The van der Waals surface area contributed by atoms with E-state index < -0.39 is 0 Å². The summed E-state index contributed by atoms with van der Waals surface area (Å²) >= 11 is 0. The number of benzene rings is 1. The molecule has 0 aliphatic carbocycles. The van der Waals surface area contributed by atoms with Gasteiger partial charge in [0, 0.05) is 19.7 Å². The van der Waals surface area contributed by atoms with E-state index in [2.05, 4.69) is 15.0 Å². The van der Waals surface area contributed by atoms with E-state index in [0.717, 1.165) is 30.7 Å². The summed E-state index contributed by atoms with van der Waals surface area (Å²) in [4.78, 5) is 20.5. The summed E-state index contributed by atoms with van der Waals surface area (Å²) in [7, 11) is 3.57. The van der Waals surface area contributed by atoms with Crippen molar-refractivity contribution in [2.75, 3.05) is 27.2 Å². The van der Waals surface area contributed by atoms with E-state index in [1.807, 2.05) is 31.2 Å². The van der Waals surface area contributed by atoms with E-state index in [1.165, 1.54) is 0 Å². The maximum atomic E-state index is 12.3. The number of aromatic nitrogens is 2. The second-order valence-electron chi connectivity index (χ2n) is 6.33. The molecular weight excluding hydrogens is 320 g/mol. The summed E-state index contributed by atoms with van der Waals surface area (Å²) in [6.45, 7) is 3.94. The van der Waals surface area contributed by atoms with Gasteiger partial charge in [-0.1, -0.05) is 5.16 Å². The van der Waals surface area contributed by atoms with Crippen LogP contribution in [0.3, 0.4) is 0 Å². The van der Waals surface area contributed by atoms with Crippen molar-refractivity contribution >= 4 is 5.91 Å². The summed E-state index contributed by atoms with van der Waals surface area (Å²) in [5.41, 5.74) is 0.876. The fourth-order valence-corrected chi connectivity index (χ4v) is 3.07. The van der Waals surface area contributed by atoms with Crippen molar-refractivity contribution in [3.63, 3.8) is 0 Å². The van der Waals surface area contributed by atoms with Gasteiger partial charge in [-0.15, -0.1) is 0 Å². The molecule has 7 heteroatoms. The minimum Gasteiger partial charge on any atom is -0.494 e. The number of likely N-dealkylation sites (tertiary alicyclic amines) is 1. The Kier molecular flexibility index (Phi) is 5.33. The standard InChI is InChI=1S/C18H24N4O3/c1-4-24-14-9-7-13(8-10-14)17-19-16(25-20-17)12-22-11-5-6-15(22)18(23)21(2)3/h7-10,15H,4-6,11-12H2,1-3H3/t15-/m1/s1. The molecule has 1 aliphatic heterocycles. The van der Waals surface area contributed by atoms with Crippen molar-refractivity contribution in [1.82, 2.24) is 19.9 Å². The van der Waals surface area contributed by atoms with Crippen molar-refractivity contribution in [3.05, 3.63) is 30.2 Å². The Morgan fingerprint density at radius 3 is 2.80 bits per heavy atom. The van der Waals surface area contributed by atoms with E-state index in [-0.39, 0.29) is 11.9 Å². The minimum atomic E-state index is -0.101. The molecule has 0 radical (unpaired) electrons. The monoisotopic (exact) mass is 344 g/mol. The molecule has 134 valence electrons. The lowest BCUT2D eigenvalue weighted by atomic mass is 10.2. The first-order chi connectivity index (χ1) is 12.1. The number of ether oxygens (including phenoxy) is 1. The fraction of sp³-hybridized carbons (Fsp3) is 0.500. The molecular formula is C18H24N4O3. The summed E-state index contributed by atoms with van der Waals surface area (Å²) < 4.78 is 10.8. The molecule has 0 spiro atoms. The number of hydrogen-bond donors (Lipinski definition) is 0. The first kappa shape index (κ1) is 17.4. The molecule has 0 unspecified atom stereocenters. The molecule has 7 nitrogen and oxygen atoms in total. The molecule has 1 aromatic heterocycles. The highest BCUT2D eigenvalue weighted by Crippen LogP contribution is 2.23. The van der Waals surface area contributed by atoms with Crippen LogP contribution in [0.2, 0.25) is 0 Å². The Morgan fingerprint density at radius 2 is 2.12 bits per heavy atom. The maximum Gasteiger partial charge on any atom is 0.241 e. The first-order valence-corrected chi connectivity index (χ1v) is 8.59. The summed E-state index contributed by atoms with van der Waals surface area (Å²) in [6, 6.07) is 7.50. The van der Waals surface area contributed by atoms with Crippen LogP contribution in [0.5, 0.6) is 5.75 Å². The topological polar surface area (TPSA) is 71.7 Å². The zero-order valence-electron chi connectivity index (χ0n) is 14.9. The number of carbonyl (C=O) groups is 1. The van der Waals surface area contributed by atoms with Gasteiger partial charge in [-0.05, 0) is 50.6 Å². The Hall–Kier alpha value is -2.41. The lowest BCUT2D eigenvalue weighted by Crippen LogP contribution is -2.42. The van der Waals surface area contributed by atoms with Crippen molar-refractivity contribution in [1.29, 1.82) is 0 Å². The molecule has 1 fully saturated rings. The minimum absolute atomic E-state index is 0.101. The number of carbonyl (C=O) groups excluding carboxylic acids is 1. The van der Waals surface area contributed by atoms with Crippen LogP contribution in [0, 0.1) is 0 Å². The maximum absolute atomic E-state index is 12.3. The van der Waals surface area contributed by atoms with Crippen LogP contribution in [0.15, 0.2) is 28.8 Å². The number of nitrogens with zero attached hydrogens (tertiary/aromatic N) is 4.